The van der Waals surface area contributed by atoms with Crippen molar-refractivity contribution in [3.05, 3.63) is 0 Å². The van der Waals surface area contributed by atoms with Gasteiger partial charge in [-0.15, -0.1) is 0 Å². The van der Waals surface area contributed by atoms with Crippen LogP contribution in [-0.2, 0) is 4.74 Å². The number of rotatable bonds is 7. The minimum Gasteiger partial charge on any atom is -0.394 e. The summed E-state index contributed by atoms with van der Waals surface area (Å²) in [5, 5.41) is 17.8. The molecule has 0 heterocycles. The zero-order valence-corrected chi connectivity index (χ0v) is 7.99. The van der Waals surface area contributed by atoms with Crippen LogP contribution in [0.15, 0.2) is 0 Å². The molecule has 0 aliphatic rings. The first-order valence-electron chi connectivity index (χ1n) is 4.61. The molecule has 0 saturated heterocycles. The number of unbranched alkanes of at least 4 members (excludes halogenated alkanes) is 1. The average Bonchev–Trinajstić information content (AvgIpc) is 2.05. The molecule has 0 radical (unpaired) electrons. The van der Waals surface area contributed by atoms with E-state index in [4.69, 9.17) is 14.9 Å². The predicted octanol–water partition coefficient (Wildman–Crippen LogP) is 0.935. The highest BCUT2D eigenvalue weighted by Crippen LogP contribution is 2.04. The zero-order chi connectivity index (χ0) is 9.40. The van der Waals surface area contributed by atoms with Crippen molar-refractivity contribution in [2.24, 2.45) is 0 Å². The second-order valence-corrected chi connectivity index (χ2v) is 3.13. The molecule has 12 heavy (non-hydrogen) atoms. The Morgan fingerprint density at radius 1 is 1.42 bits per heavy atom. The first-order valence-corrected chi connectivity index (χ1v) is 4.61. The van der Waals surface area contributed by atoms with Crippen LogP contribution in [0.2, 0.25) is 0 Å². The number of ether oxygens (including phenoxy) is 1. The summed E-state index contributed by atoms with van der Waals surface area (Å²) in [4.78, 5) is 0. The van der Waals surface area contributed by atoms with Crippen LogP contribution in [0, 0.1) is 0 Å². The van der Waals surface area contributed by atoms with Crippen molar-refractivity contribution in [2.45, 2.75) is 45.3 Å². The molecule has 0 rings (SSSR count). The van der Waals surface area contributed by atoms with E-state index in [0.717, 1.165) is 19.3 Å². The second kappa shape index (κ2) is 7.53. The topological polar surface area (TPSA) is 49.7 Å². The van der Waals surface area contributed by atoms with Gasteiger partial charge in [-0.2, -0.15) is 0 Å². The highest BCUT2D eigenvalue weighted by atomic mass is 16.5. The molecule has 2 unspecified atom stereocenters. The van der Waals surface area contributed by atoms with Gasteiger partial charge in [0.15, 0.2) is 0 Å². The van der Waals surface area contributed by atoms with Crippen LogP contribution >= 0.6 is 0 Å². The van der Waals surface area contributed by atoms with Crippen molar-refractivity contribution in [1.82, 2.24) is 0 Å². The fraction of sp³-hybridized carbons (Fsp3) is 1.00. The molecule has 3 heteroatoms. The fourth-order valence-corrected chi connectivity index (χ4v) is 0.934. The summed E-state index contributed by atoms with van der Waals surface area (Å²) in [5.74, 6) is 0. The molecule has 0 aromatic carbocycles. The van der Waals surface area contributed by atoms with E-state index in [1.807, 2.05) is 0 Å². The van der Waals surface area contributed by atoms with Gasteiger partial charge in [-0.25, -0.2) is 0 Å². The Kier molecular flexibility index (Phi) is 7.45. The summed E-state index contributed by atoms with van der Waals surface area (Å²) in [6.45, 7) is 4.14. The number of hydrogen-bond donors (Lipinski definition) is 2. The van der Waals surface area contributed by atoms with Crippen LogP contribution in [0.3, 0.4) is 0 Å². The first-order chi connectivity index (χ1) is 5.70. The quantitative estimate of drug-likeness (QED) is 0.607. The summed E-state index contributed by atoms with van der Waals surface area (Å²) in [6.07, 6.45) is 2.50. The Morgan fingerprint density at radius 3 is 2.50 bits per heavy atom. The van der Waals surface area contributed by atoms with Crippen LogP contribution in [0.1, 0.15) is 33.1 Å². The molecule has 2 atom stereocenters. The fourth-order valence-electron chi connectivity index (χ4n) is 0.934. The van der Waals surface area contributed by atoms with Crippen LogP contribution in [0.5, 0.6) is 0 Å². The molecule has 0 bridgehead atoms. The van der Waals surface area contributed by atoms with Gasteiger partial charge < -0.3 is 14.9 Å². The summed E-state index contributed by atoms with van der Waals surface area (Å²) in [5.41, 5.74) is 0. The lowest BCUT2D eigenvalue weighted by Gasteiger charge is -2.15. The Labute approximate surface area is 74.4 Å². The lowest BCUT2D eigenvalue weighted by atomic mass is 10.2. The summed E-state index contributed by atoms with van der Waals surface area (Å²) < 4.78 is 5.25. The third kappa shape index (κ3) is 6.58. The van der Waals surface area contributed by atoms with Crippen molar-refractivity contribution in [2.75, 3.05) is 13.2 Å². The van der Waals surface area contributed by atoms with Gasteiger partial charge in [0.05, 0.1) is 25.4 Å². The molecule has 0 aromatic rings. The van der Waals surface area contributed by atoms with Gasteiger partial charge >= 0.3 is 0 Å². The van der Waals surface area contributed by atoms with E-state index in [1.165, 1.54) is 0 Å². The Morgan fingerprint density at radius 2 is 2.08 bits per heavy atom. The van der Waals surface area contributed by atoms with E-state index in [0.29, 0.717) is 6.61 Å². The highest BCUT2D eigenvalue weighted by molar-refractivity contribution is 4.56. The normalized spacial score (nSPS) is 16.0. The average molecular weight is 176 g/mol. The standard InChI is InChI=1S/C9H20O3/c1-3-4-5-9(6-10)12-7-8(2)11/h8-11H,3-7H2,1-2H3. The van der Waals surface area contributed by atoms with E-state index in [2.05, 4.69) is 6.92 Å². The third-order valence-electron chi connectivity index (χ3n) is 1.66. The SMILES string of the molecule is CCCCC(CO)OCC(C)O. The molecule has 0 aliphatic carbocycles. The first kappa shape index (κ1) is 11.9. The number of hydrogen-bond acceptors (Lipinski definition) is 3. The van der Waals surface area contributed by atoms with Crippen LogP contribution < -0.4 is 0 Å². The van der Waals surface area contributed by atoms with Crippen molar-refractivity contribution >= 4 is 0 Å². The van der Waals surface area contributed by atoms with E-state index in [9.17, 15) is 0 Å². The Hall–Kier alpha value is -0.120. The Balaban J connectivity index is 3.39. The van der Waals surface area contributed by atoms with Gasteiger partial charge in [0.25, 0.3) is 0 Å². The largest absolute Gasteiger partial charge is 0.394 e. The van der Waals surface area contributed by atoms with Gasteiger partial charge in [-0.3, -0.25) is 0 Å². The molecule has 0 aromatic heterocycles. The zero-order valence-electron chi connectivity index (χ0n) is 7.99. The minimum absolute atomic E-state index is 0.0483. The molecule has 0 saturated carbocycles. The van der Waals surface area contributed by atoms with Crippen molar-refractivity contribution < 1.29 is 14.9 Å². The number of aliphatic hydroxyl groups is 2. The summed E-state index contributed by atoms with van der Waals surface area (Å²) in [6, 6.07) is 0. The molecule has 3 nitrogen and oxygen atoms in total. The van der Waals surface area contributed by atoms with E-state index in [-0.39, 0.29) is 12.7 Å². The van der Waals surface area contributed by atoms with Crippen molar-refractivity contribution in [1.29, 1.82) is 0 Å². The highest BCUT2D eigenvalue weighted by Gasteiger charge is 2.07. The van der Waals surface area contributed by atoms with Crippen molar-refractivity contribution in [3.63, 3.8) is 0 Å². The number of aliphatic hydroxyl groups excluding tert-OH is 2. The van der Waals surface area contributed by atoms with Gasteiger partial charge in [0, 0.05) is 0 Å². The smallest absolute Gasteiger partial charge is 0.0807 e. The van der Waals surface area contributed by atoms with E-state index >= 15 is 0 Å². The van der Waals surface area contributed by atoms with E-state index < -0.39 is 6.10 Å². The Bertz CT molecular complexity index is 93.8. The maximum Gasteiger partial charge on any atom is 0.0807 e. The molecule has 2 N–H and O–H groups in total. The van der Waals surface area contributed by atoms with Crippen LogP contribution in [0.25, 0.3) is 0 Å². The van der Waals surface area contributed by atoms with Crippen molar-refractivity contribution in [3.8, 4) is 0 Å². The molecular weight excluding hydrogens is 156 g/mol. The molecule has 0 amide bonds. The predicted molar refractivity (Wildman–Crippen MR) is 48.0 cm³/mol. The van der Waals surface area contributed by atoms with Gasteiger partial charge in [0.1, 0.15) is 0 Å². The molecule has 0 spiro atoms. The van der Waals surface area contributed by atoms with Gasteiger partial charge in [-0.1, -0.05) is 19.8 Å². The third-order valence-corrected chi connectivity index (χ3v) is 1.66. The van der Waals surface area contributed by atoms with E-state index in [1.54, 1.807) is 6.92 Å². The van der Waals surface area contributed by atoms with Gasteiger partial charge in [0.2, 0.25) is 0 Å². The lowest BCUT2D eigenvalue weighted by Crippen LogP contribution is -2.22. The lowest BCUT2D eigenvalue weighted by molar-refractivity contribution is -0.0308. The summed E-state index contributed by atoms with van der Waals surface area (Å²) in [7, 11) is 0. The second-order valence-electron chi connectivity index (χ2n) is 3.13. The molecule has 0 fully saturated rings. The summed E-state index contributed by atoms with van der Waals surface area (Å²) >= 11 is 0. The molecule has 74 valence electrons. The molecular formula is C9H20O3. The minimum atomic E-state index is -0.444. The van der Waals surface area contributed by atoms with Crippen LogP contribution in [0.4, 0.5) is 0 Å². The maximum absolute atomic E-state index is 8.92. The van der Waals surface area contributed by atoms with Gasteiger partial charge in [-0.05, 0) is 13.3 Å². The monoisotopic (exact) mass is 176 g/mol. The maximum atomic E-state index is 8.92. The van der Waals surface area contributed by atoms with Crippen LogP contribution in [-0.4, -0.2) is 35.6 Å². The molecule has 0 aliphatic heterocycles.